The highest BCUT2D eigenvalue weighted by atomic mass is 79.9. The van der Waals surface area contributed by atoms with Crippen LogP contribution in [0.25, 0.3) is 11.0 Å². The standard InChI is InChI=1S/C12H11BrN2O2S/c1-2-5-15-10-4-3-8(13)6-9(10)14-12(15)18-7-11(16)17/h2-4,6H,1,5,7H2,(H,16,17). The molecule has 1 aromatic carbocycles. The number of aromatic nitrogens is 2. The normalized spacial score (nSPS) is 10.7. The van der Waals surface area contributed by atoms with Gasteiger partial charge in [0.1, 0.15) is 0 Å². The number of fused-ring (bicyclic) bond motifs is 1. The SMILES string of the molecule is C=CCn1c(SCC(=O)O)nc2cc(Br)ccc21. The molecule has 0 atom stereocenters. The number of carboxylic acid groups (broad SMARTS) is 1. The molecule has 6 heteroatoms. The fraction of sp³-hybridized carbons (Fsp3) is 0.167. The second-order valence-electron chi connectivity index (χ2n) is 3.61. The Hall–Kier alpha value is -1.27. The van der Waals surface area contributed by atoms with E-state index < -0.39 is 5.97 Å². The maximum Gasteiger partial charge on any atom is 0.313 e. The number of nitrogens with zero attached hydrogens (tertiary/aromatic N) is 2. The van der Waals surface area contributed by atoms with Crippen LogP contribution in [0.3, 0.4) is 0 Å². The minimum absolute atomic E-state index is 0.00162. The molecule has 2 rings (SSSR count). The van der Waals surface area contributed by atoms with Crippen molar-refractivity contribution < 1.29 is 9.90 Å². The number of thioether (sulfide) groups is 1. The van der Waals surface area contributed by atoms with Gasteiger partial charge >= 0.3 is 5.97 Å². The zero-order chi connectivity index (χ0) is 13.1. The number of carboxylic acids is 1. The van der Waals surface area contributed by atoms with Gasteiger partial charge in [0.05, 0.1) is 16.8 Å². The summed E-state index contributed by atoms with van der Waals surface area (Å²) < 4.78 is 2.91. The van der Waals surface area contributed by atoms with Gasteiger partial charge in [-0.3, -0.25) is 4.79 Å². The first-order valence-corrected chi connectivity index (χ1v) is 7.01. The molecule has 1 N–H and O–H groups in total. The van der Waals surface area contributed by atoms with Gasteiger partial charge in [-0.25, -0.2) is 4.98 Å². The molecule has 94 valence electrons. The summed E-state index contributed by atoms with van der Waals surface area (Å²) in [5.74, 6) is -0.847. The predicted octanol–water partition coefficient (Wildman–Crippen LogP) is 3.16. The lowest BCUT2D eigenvalue weighted by molar-refractivity contribution is -0.133. The summed E-state index contributed by atoms with van der Waals surface area (Å²) in [6.45, 7) is 4.32. The van der Waals surface area contributed by atoms with E-state index in [0.717, 1.165) is 15.5 Å². The third kappa shape index (κ3) is 2.76. The van der Waals surface area contributed by atoms with Crippen LogP contribution in [-0.4, -0.2) is 26.4 Å². The zero-order valence-electron chi connectivity index (χ0n) is 9.47. The summed E-state index contributed by atoms with van der Waals surface area (Å²) >= 11 is 4.61. The summed E-state index contributed by atoms with van der Waals surface area (Å²) in [5, 5.41) is 9.43. The number of imidazole rings is 1. The van der Waals surface area contributed by atoms with E-state index in [1.54, 1.807) is 6.08 Å². The van der Waals surface area contributed by atoms with Crippen LogP contribution in [0.2, 0.25) is 0 Å². The monoisotopic (exact) mass is 326 g/mol. The van der Waals surface area contributed by atoms with Gasteiger partial charge in [-0.15, -0.1) is 6.58 Å². The zero-order valence-corrected chi connectivity index (χ0v) is 11.9. The Labute approximate surface area is 117 Å². The van der Waals surface area contributed by atoms with Crippen molar-refractivity contribution in [3.63, 3.8) is 0 Å². The summed E-state index contributed by atoms with van der Waals surface area (Å²) in [5.41, 5.74) is 1.82. The molecular weight excluding hydrogens is 316 g/mol. The topological polar surface area (TPSA) is 55.1 Å². The van der Waals surface area contributed by atoms with Crippen LogP contribution < -0.4 is 0 Å². The van der Waals surface area contributed by atoms with Gasteiger partial charge in [-0.05, 0) is 18.2 Å². The molecule has 1 heterocycles. The first-order valence-electron chi connectivity index (χ1n) is 5.23. The third-order valence-electron chi connectivity index (χ3n) is 2.31. The summed E-state index contributed by atoms with van der Waals surface area (Å²) in [4.78, 5) is 15.1. The van der Waals surface area contributed by atoms with Crippen molar-refractivity contribution in [1.29, 1.82) is 0 Å². The fourth-order valence-corrected chi connectivity index (χ4v) is 2.72. The van der Waals surface area contributed by atoms with E-state index in [1.165, 1.54) is 11.8 Å². The molecule has 0 bridgehead atoms. The summed E-state index contributed by atoms with van der Waals surface area (Å²) in [6, 6.07) is 5.82. The predicted molar refractivity (Wildman–Crippen MR) is 76.0 cm³/mol. The van der Waals surface area contributed by atoms with Crippen LogP contribution in [0.5, 0.6) is 0 Å². The highest BCUT2D eigenvalue weighted by Gasteiger charge is 2.11. The number of rotatable bonds is 5. The summed E-state index contributed by atoms with van der Waals surface area (Å²) in [6.07, 6.45) is 1.77. The molecule has 4 nitrogen and oxygen atoms in total. The second-order valence-corrected chi connectivity index (χ2v) is 5.47. The molecule has 2 aromatic rings. The van der Waals surface area contributed by atoms with Gasteiger partial charge in [0.2, 0.25) is 0 Å². The maximum absolute atomic E-state index is 10.6. The molecule has 0 aliphatic heterocycles. The smallest absolute Gasteiger partial charge is 0.313 e. The lowest BCUT2D eigenvalue weighted by Gasteiger charge is -2.04. The molecule has 18 heavy (non-hydrogen) atoms. The lowest BCUT2D eigenvalue weighted by atomic mass is 10.3. The van der Waals surface area contributed by atoms with E-state index >= 15 is 0 Å². The van der Waals surface area contributed by atoms with E-state index in [2.05, 4.69) is 27.5 Å². The molecule has 0 saturated heterocycles. The molecule has 0 aliphatic carbocycles. The molecule has 0 fully saturated rings. The number of carbonyl (C=O) groups is 1. The van der Waals surface area contributed by atoms with Crippen molar-refractivity contribution in [3.05, 3.63) is 35.3 Å². The van der Waals surface area contributed by atoms with Gasteiger partial charge < -0.3 is 9.67 Å². The minimum atomic E-state index is -0.849. The van der Waals surface area contributed by atoms with Gasteiger partial charge in [0.25, 0.3) is 0 Å². The third-order valence-corrected chi connectivity index (χ3v) is 3.77. The van der Waals surface area contributed by atoms with Gasteiger partial charge in [0, 0.05) is 11.0 Å². The quantitative estimate of drug-likeness (QED) is 0.677. The maximum atomic E-state index is 10.6. The minimum Gasteiger partial charge on any atom is -0.481 e. The largest absolute Gasteiger partial charge is 0.481 e. The van der Waals surface area contributed by atoms with Crippen LogP contribution in [-0.2, 0) is 11.3 Å². The van der Waals surface area contributed by atoms with Crippen LogP contribution >= 0.6 is 27.7 Å². The van der Waals surface area contributed by atoms with Crippen molar-refractivity contribution in [2.75, 3.05) is 5.75 Å². The number of halogens is 1. The molecular formula is C12H11BrN2O2S. The molecule has 0 amide bonds. The van der Waals surface area contributed by atoms with E-state index in [0.29, 0.717) is 11.7 Å². The Morgan fingerprint density at radius 3 is 3.06 bits per heavy atom. The first-order chi connectivity index (χ1) is 8.61. The number of aliphatic carboxylic acids is 1. The number of benzene rings is 1. The molecule has 0 aliphatic rings. The van der Waals surface area contributed by atoms with Crippen molar-refractivity contribution in [2.45, 2.75) is 11.7 Å². The first kappa shape index (κ1) is 13.2. The van der Waals surface area contributed by atoms with Crippen molar-refractivity contribution >= 4 is 44.7 Å². The number of hydrogen-bond acceptors (Lipinski definition) is 3. The van der Waals surface area contributed by atoms with E-state index in [-0.39, 0.29) is 5.75 Å². The van der Waals surface area contributed by atoms with Gasteiger partial charge in [-0.2, -0.15) is 0 Å². The Balaban J connectivity index is 2.46. The van der Waals surface area contributed by atoms with Crippen molar-refractivity contribution in [3.8, 4) is 0 Å². The molecule has 0 saturated carbocycles. The van der Waals surface area contributed by atoms with Gasteiger partial charge in [0.15, 0.2) is 5.16 Å². The average Bonchev–Trinajstić information content (AvgIpc) is 2.64. The number of hydrogen-bond donors (Lipinski definition) is 1. The van der Waals surface area contributed by atoms with Gasteiger partial charge in [-0.1, -0.05) is 33.8 Å². The average molecular weight is 327 g/mol. The molecule has 0 radical (unpaired) electrons. The second kappa shape index (κ2) is 5.58. The lowest BCUT2D eigenvalue weighted by Crippen LogP contribution is -2.02. The Morgan fingerprint density at radius 1 is 1.61 bits per heavy atom. The van der Waals surface area contributed by atoms with Crippen LogP contribution in [0.1, 0.15) is 0 Å². The molecule has 1 aromatic heterocycles. The van der Waals surface area contributed by atoms with Crippen LogP contribution in [0.4, 0.5) is 0 Å². The number of allylic oxidation sites excluding steroid dienone is 1. The van der Waals surface area contributed by atoms with E-state index in [1.807, 2.05) is 22.8 Å². The van der Waals surface area contributed by atoms with Crippen molar-refractivity contribution in [2.24, 2.45) is 0 Å². The van der Waals surface area contributed by atoms with Crippen LogP contribution in [0, 0.1) is 0 Å². The molecule has 0 unspecified atom stereocenters. The van der Waals surface area contributed by atoms with Crippen LogP contribution in [0.15, 0.2) is 40.5 Å². The van der Waals surface area contributed by atoms with E-state index in [4.69, 9.17) is 5.11 Å². The summed E-state index contributed by atoms with van der Waals surface area (Å²) in [7, 11) is 0. The Morgan fingerprint density at radius 2 is 2.39 bits per heavy atom. The highest BCUT2D eigenvalue weighted by Crippen LogP contribution is 2.26. The van der Waals surface area contributed by atoms with Crippen molar-refractivity contribution in [1.82, 2.24) is 9.55 Å². The highest BCUT2D eigenvalue weighted by molar-refractivity contribution is 9.10. The molecule has 0 spiro atoms. The fourth-order valence-electron chi connectivity index (χ4n) is 1.62. The Kier molecular flexibility index (Phi) is 4.08. The Bertz CT molecular complexity index is 609. The van der Waals surface area contributed by atoms with E-state index in [9.17, 15) is 4.79 Å².